The molecule has 1 amide bonds. The van der Waals surface area contributed by atoms with E-state index in [4.69, 9.17) is 4.74 Å². The first-order valence-corrected chi connectivity index (χ1v) is 10.6. The van der Waals surface area contributed by atoms with Gasteiger partial charge in [-0.25, -0.2) is 0 Å². The summed E-state index contributed by atoms with van der Waals surface area (Å²) in [4.78, 5) is 22.8. The lowest BCUT2D eigenvalue weighted by Gasteiger charge is -2.09. The maximum Gasteiger partial charge on any atom is 0.269 e. The molecule has 1 N–H and O–H groups in total. The van der Waals surface area contributed by atoms with Crippen LogP contribution in [0.3, 0.4) is 0 Å². The second-order valence-corrected chi connectivity index (χ2v) is 7.91. The van der Waals surface area contributed by atoms with Crippen LogP contribution < -0.4 is 10.1 Å². The van der Waals surface area contributed by atoms with Gasteiger partial charge >= 0.3 is 0 Å². The van der Waals surface area contributed by atoms with Gasteiger partial charge in [-0.15, -0.1) is 0 Å². The van der Waals surface area contributed by atoms with Crippen LogP contribution in [0.4, 0.5) is 5.69 Å². The normalized spacial score (nSPS) is 10.8. The van der Waals surface area contributed by atoms with Crippen molar-refractivity contribution in [3.8, 4) is 11.8 Å². The van der Waals surface area contributed by atoms with Gasteiger partial charge in [0.2, 0.25) is 0 Å². The van der Waals surface area contributed by atoms with Crippen molar-refractivity contribution in [3.63, 3.8) is 0 Å². The minimum Gasteiger partial charge on any atom is -0.488 e. The predicted octanol–water partition coefficient (Wildman–Crippen LogP) is 5.00. The minimum atomic E-state index is -0.447. The largest absolute Gasteiger partial charge is 0.488 e. The molecular weight excluding hydrogens is 521 g/mol. The monoisotopic (exact) mass is 539 g/mol. The minimum absolute atomic E-state index is 0.00185. The van der Waals surface area contributed by atoms with Crippen molar-refractivity contribution >= 4 is 40.3 Å². The van der Waals surface area contributed by atoms with E-state index in [0.717, 1.165) is 9.13 Å². The summed E-state index contributed by atoms with van der Waals surface area (Å²) in [6.07, 6.45) is 1.52. The maximum absolute atomic E-state index is 12.4. The van der Waals surface area contributed by atoms with Crippen molar-refractivity contribution in [2.24, 2.45) is 0 Å². The molecule has 0 saturated heterocycles. The van der Waals surface area contributed by atoms with E-state index in [0.29, 0.717) is 23.4 Å². The van der Waals surface area contributed by atoms with Crippen molar-refractivity contribution < 1.29 is 14.5 Å². The fourth-order valence-electron chi connectivity index (χ4n) is 2.83. The van der Waals surface area contributed by atoms with Gasteiger partial charge in [-0.3, -0.25) is 14.9 Å². The first-order valence-electron chi connectivity index (χ1n) is 9.56. The van der Waals surface area contributed by atoms with E-state index in [1.165, 1.54) is 18.2 Å². The molecular formula is C24H18IN3O4. The molecule has 8 heteroatoms. The van der Waals surface area contributed by atoms with Crippen molar-refractivity contribution in [2.75, 3.05) is 0 Å². The molecule has 0 unspecified atom stereocenters. The average molecular weight is 539 g/mol. The number of hydrogen-bond acceptors (Lipinski definition) is 5. The van der Waals surface area contributed by atoms with Gasteiger partial charge in [0.05, 0.1) is 8.49 Å². The highest BCUT2D eigenvalue weighted by Crippen LogP contribution is 2.25. The maximum atomic E-state index is 12.4. The Balaban J connectivity index is 1.65. The molecule has 0 aliphatic carbocycles. The van der Waals surface area contributed by atoms with Gasteiger partial charge in [0.25, 0.3) is 11.6 Å². The molecule has 160 valence electrons. The number of hydrogen-bond donors (Lipinski definition) is 1. The molecule has 3 rings (SSSR count). The van der Waals surface area contributed by atoms with E-state index < -0.39 is 10.8 Å². The van der Waals surface area contributed by atoms with Crippen molar-refractivity contribution in [2.45, 2.75) is 13.2 Å². The Morgan fingerprint density at radius 3 is 2.53 bits per heavy atom. The van der Waals surface area contributed by atoms with Gasteiger partial charge < -0.3 is 10.1 Å². The summed E-state index contributed by atoms with van der Waals surface area (Å²) >= 11 is 2.10. The molecule has 0 radical (unpaired) electrons. The van der Waals surface area contributed by atoms with Gasteiger partial charge in [0.1, 0.15) is 24.0 Å². The molecule has 32 heavy (non-hydrogen) atoms. The number of carbonyl (C=O) groups is 1. The van der Waals surface area contributed by atoms with Crippen LogP contribution in [0, 0.1) is 25.0 Å². The zero-order valence-electron chi connectivity index (χ0n) is 16.8. The van der Waals surface area contributed by atoms with Crippen LogP contribution in [-0.2, 0) is 17.9 Å². The standard InChI is InChI=1S/C24H18IN3O4/c25-22-13-18(11-20(14-26)24(29)27-15-17-5-2-1-3-6-17)9-10-23(22)32-16-19-7-4-8-21(12-19)28(30)31/h1-13H,15-16H2,(H,27,29)/b20-11-. The smallest absolute Gasteiger partial charge is 0.269 e. The van der Waals surface area contributed by atoms with E-state index in [-0.39, 0.29) is 17.9 Å². The summed E-state index contributed by atoms with van der Waals surface area (Å²) in [5, 5.41) is 23.0. The van der Waals surface area contributed by atoms with Crippen LogP contribution in [0.5, 0.6) is 5.75 Å². The summed E-state index contributed by atoms with van der Waals surface area (Å²) in [5.41, 5.74) is 2.32. The Bertz CT molecular complexity index is 1200. The van der Waals surface area contributed by atoms with Crippen molar-refractivity contribution in [3.05, 3.63) is 109 Å². The number of benzene rings is 3. The van der Waals surface area contributed by atoms with Gasteiger partial charge in [0, 0.05) is 18.7 Å². The average Bonchev–Trinajstić information content (AvgIpc) is 2.81. The molecule has 3 aromatic rings. The molecule has 0 saturated carbocycles. The van der Waals surface area contributed by atoms with E-state index in [9.17, 15) is 20.2 Å². The molecule has 0 aromatic heterocycles. The molecule has 0 atom stereocenters. The van der Waals surface area contributed by atoms with Crippen molar-refractivity contribution in [1.82, 2.24) is 5.32 Å². The van der Waals surface area contributed by atoms with Crippen LogP contribution in [0.15, 0.2) is 78.4 Å². The fourth-order valence-corrected chi connectivity index (χ4v) is 3.53. The summed E-state index contributed by atoms with van der Waals surface area (Å²) in [7, 11) is 0. The summed E-state index contributed by atoms with van der Waals surface area (Å²) in [6.45, 7) is 0.513. The zero-order chi connectivity index (χ0) is 22.9. The van der Waals surface area contributed by atoms with E-state index in [1.807, 2.05) is 36.4 Å². The first-order chi connectivity index (χ1) is 15.5. The lowest BCUT2D eigenvalue weighted by Crippen LogP contribution is -2.23. The van der Waals surface area contributed by atoms with Crippen LogP contribution in [0.1, 0.15) is 16.7 Å². The number of amides is 1. The zero-order valence-corrected chi connectivity index (χ0v) is 19.0. The van der Waals surface area contributed by atoms with E-state index in [2.05, 4.69) is 27.9 Å². The molecule has 0 aliphatic heterocycles. The predicted molar refractivity (Wildman–Crippen MR) is 128 cm³/mol. The number of rotatable bonds is 8. The number of ether oxygens (including phenoxy) is 1. The highest BCUT2D eigenvalue weighted by Gasteiger charge is 2.11. The van der Waals surface area contributed by atoms with Crippen LogP contribution in [0.25, 0.3) is 6.08 Å². The molecule has 0 spiro atoms. The number of halogens is 1. The Hall–Kier alpha value is -3.71. The third-order valence-electron chi connectivity index (χ3n) is 4.44. The Labute approximate surface area is 198 Å². The van der Waals surface area contributed by atoms with Gasteiger partial charge in [0.15, 0.2) is 0 Å². The Morgan fingerprint density at radius 1 is 1.09 bits per heavy atom. The molecule has 0 heterocycles. The Morgan fingerprint density at radius 2 is 1.84 bits per heavy atom. The number of nitrogens with zero attached hydrogens (tertiary/aromatic N) is 2. The van der Waals surface area contributed by atoms with Crippen molar-refractivity contribution in [1.29, 1.82) is 5.26 Å². The van der Waals surface area contributed by atoms with Crippen LogP contribution in [-0.4, -0.2) is 10.8 Å². The second-order valence-electron chi connectivity index (χ2n) is 6.74. The van der Waals surface area contributed by atoms with Gasteiger partial charge in [-0.05, 0) is 57.5 Å². The summed E-state index contributed by atoms with van der Waals surface area (Å²) < 4.78 is 6.57. The molecule has 0 fully saturated rings. The number of nitriles is 1. The molecule has 0 bridgehead atoms. The fraction of sp³-hybridized carbons (Fsp3) is 0.0833. The van der Waals surface area contributed by atoms with Gasteiger partial charge in [-0.2, -0.15) is 5.26 Å². The second kappa shape index (κ2) is 11.1. The Kier molecular flexibility index (Phi) is 7.94. The summed E-state index contributed by atoms with van der Waals surface area (Å²) in [5.74, 6) is 0.152. The molecule has 7 nitrogen and oxygen atoms in total. The summed E-state index contributed by atoms with van der Waals surface area (Å²) in [6, 6.07) is 22.9. The number of non-ortho nitro benzene ring substituents is 1. The molecule has 3 aromatic carbocycles. The third kappa shape index (κ3) is 6.39. The van der Waals surface area contributed by atoms with Gasteiger partial charge in [-0.1, -0.05) is 48.5 Å². The number of nitro benzene ring substituents is 1. The molecule has 0 aliphatic rings. The topological polar surface area (TPSA) is 105 Å². The number of nitro groups is 1. The van der Waals surface area contributed by atoms with Crippen LogP contribution in [0.2, 0.25) is 0 Å². The van der Waals surface area contributed by atoms with E-state index >= 15 is 0 Å². The highest BCUT2D eigenvalue weighted by atomic mass is 127. The quantitative estimate of drug-likeness (QED) is 0.143. The third-order valence-corrected chi connectivity index (χ3v) is 5.29. The highest BCUT2D eigenvalue weighted by molar-refractivity contribution is 14.1. The van der Waals surface area contributed by atoms with Crippen LogP contribution >= 0.6 is 22.6 Å². The lowest BCUT2D eigenvalue weighted by atomic mass is 10.1. The lowest BCUT2D eigenvalue weighted by molar-refractivity contribution is -0.384. The number of nitrogens with one attached hydrogen (secondary N) is 1. The number of carbonyl (C=O) groups excluding carboxylic acids is 1. The van der Waals surface area contributed by atoms with E-state index in [1.54, 1.807) is 30.3 Å². The SMILES string of the molecule is N#C/C(=C/c1ccc(OCc2cccc([N+](=O)[O-])c2)c(I)c1)C(=O)NCc1ccccc1. The first kappa shape index (κ1) is 23.0.